The van der Waals surface area contributed by atoms with Crippen LogP contribution in [0, 0.1) is 10.1 Å². The van der Waals surface area contributed by atoms with E-state index in [4.69, 9.17) is 9.47 Å². The zero-order valence-corrected chi connectivity index (χ0v) is 18.9. The van der Waals surface area contributed by atoms with Crippen LogP contribution < -0.4 is 14.9 Å². The van der Waals surface area contributed by atoms with Gasteiger partial charge in [0.15, 0.2) is 11.5 Å². The molecule has 30 heavy (non-hydrogen) atoms. The second-order valence-corrected chi connectivity index (χ2v) is 7.74. The zero-order chi connectivity index (χ0) is 21.5. The number of pyridine rings is 1. The highest BCUT2D eigenvalue weighted by Crippen LogP contribution is 2.33. The quantitative estimate of drug-likeness (QED) is 0.231. The third-order valence-corrected chi connectivity index (χ3v) is 5.15. The number of hydrogen-bond acceptors (Lipinski definition) is 7. The van der Waals surface area contributed by atoms with E-state index in [1.165, 1.54) is 12.1 Å². The molecule has 0 aliphatic heterocycles. The number of hydrazone groups is 1. The Balaban J connectivity index is 1.68. The van der Waals surface area contributed by atoms with Crippen molar-refractivity contribution in [3.63, 3.8) is 0 Å². The molecule has 0 amide bonds. The van der Waals surface area contributed by atoms with E-state index in [9.17, 15) is 10.1 Å². The molecule has 0 aliphatic carbocycles. The van der Waals surface area contributed by atoms with Crippen molar-refractivity contribution in [2.45, 2.75) is 6.61 Å². The first-order valence-electron chi connectivity index (χ1n) is 8.60. The molecule has 0 unspecified atom stereocenters. The summed E-state index contributed by atoms with van der Waals surface area (Å²) in [5.41, 5.74) is 4.42. The van der Waals surface area contributed by atoms with Gasteiger partial charge in [-0.1, -0.05) is 28.1 Å². The number of nitro groups is 1. The summed E-state index contributed by atoms with van der Waals surface area (Å²) in [6.07, 6.45) is 2.74. The Morgan fingerprint density at radius 3 is 2.57 bits per heavy atom. The molecule has 0 bridgehead atoms. The van der Waals surface area contributed by atoms with E-state index in [1.807, 2.05) is 30.3 Å². The van der Waals surface area contributed by atoms with Crippen molar-refractivity contribution in [3.05, 3.63) is 84.9 Å². The molecule has 3 rings (SSSR count). The van der Waals surface area contributed by atoms with Crippen molar-refractivity contribution in [2.75, 3.05) is 12.5 Å². The van der Waals surface area contributed by atoms with Crippen LogP contribution in [0.4, 0.5) is 11.5 Å². The van der Waals surface area contributed by atoms with Crippen LogP contribution in [0.25, 0.3) is 0 Å². The van der Waals surface area contributed by atoms with Crippen LogP contribution in [0.3, 0.4) is 0 Å². The van der Waals surface area contributed by atoms with Gasteiger partial charge in [0.05, 0.1) is 18.2 Å². The number of anilines is 1. The van der Waals surface area contributed by atoms with Crippen molar-refractivity contribution in [3.8, 4) is 11.5 Å². The van der Waals surface area contributed by atoms with E-state index in [-0.39, 0.29) is 5.69 Å². The van der Waals surface area contributed by atoms with Crippen LogP contribution in [0.15, 0.2) is 68.8 Å². The maximum atomic E-state index is 10.7. The largest absolute Gasteiger partial charge is 0.493 e. The predicted octanol–water partition coefficient (Wildman–Crippen LogP) is 5.55. The molecule has 8 nitrogen and oxygen atoms in total. The molecule has 0 fully saturated rings. The highest BCUT2D eigenvalue weighted by atomic mass is 79.9. The van der Waals surface area contributed by atoms with E-state index >= 15 is 0 Å². The fourth-order valence-electron chi connectivity index (χ4n) is 2.39. The van der Waals surface area contributed by atoms with Crippen molar-refractivity contribution in [2.24, 2.45) is 5.10 Å². The average molecular weight is 536 g/mol. The predicted molar refractivity (Wildman–Crippen MR) is 121 cm³/mol. The highest BCUT2D eigenvalue weighted by molar-refractivity contribution is 9.10. The van der Waals surface area contributed by atoms with Gasteiger partial charge in [-0.25, -0.2) is 4.98 Å². The first-order chi connectivity index (χ1) is 14.5. The Kier molecular flexibility index (Phi) is 7.36. The minimum absolute atomic E-state index is 0.0873. The Bertz CT molecular complexity index is 1060. The molecular weight excluding hydrogens is 520 g/mol. The third kappa shape index (κ3) is 5.77. The molecule has 0 aliphatic rings. The Labute approximate surface area is 189 Å². The fraction of sp³-hybridized carbons (Fsp3) is 0.100. The Morgan fingerprint density at radius 2 is 1.93 bits per heavy atom. The summed E-state index contributed by atoms with van der Waals surface area (Å²) in [6.45, 7) is 0.400. The molecule has 0 radical (unpaired) electrons. The maximum Gasteiger partial charge on any atom is 0.287 e. The normalized spacial score (nSPS) is 10.8. The van der Waals surface area contributed by atoms with Crippen LogP contribution in [-0.2, 0) is 6.61 Å². The van der Waals surface area contributed by atoms with Gasteiger partial charge < -0.3 is 9.47 Å². The molecule has 154 valence electrons. The van der Waals surface area contributed by atoms with Gasteiger partial charge in [0, 0.05) is 20.6 Å². The van der Waals surface area contributed by atoms with Crippen LogP contribution in [0.1, 0.15) is 11.1 Å². The van der Waals surface area contributed by atoms with Crippen molar-refractivity contribution in [1.29, 1.82) is 0 Å². The lowest BCUT2D eigenvalue weighted by Gasteiger charge is -2.13. The number of aromatic nitrogens is 1. The molecule has 1 heterocycles. The number of methoxy groups -OCH3 is 1. The van der Waals surface area contributed by atoms with E-state index in [0.29, 0.717) is 23.9 Å². The topological polar surface area (TPSA) is 98.9 Å². The van der Waals surface area contributed by atoms with E-state index in [1.54, 1.807) is 19.4 Å². The molecule has 10 heteroatoms. The second-order valence-electron chi connectivity index (χ2n) is 5.97. The summed E-state index contributed by atoms with van der Waals surface area (Å²) in [4.78, 5) is 14.1. The molecule has 0 atom stereocenters. The SMILES string of the molecule is COc1cc(/C=N\Nc2ccc([N+](=O)[O-])cn2)c(Br)cc1OCc1ccc(Br)cc1. The monoisotopic (exact) mass is 534 g/mol. The van der Waals surface area contributed by atoms with Gasteiger partial charge in [0.25, 0.3) is 5.69 Å². The second kappa shape index (κ2) is 10.2. The first-order valence-corrected chi connectivity index (χ1v) is 10.2. The Hall–Kier alpha value is -2.98. The molecule has 2 aromatic carbocycles. The summed E-state index contributed by atoms with van der Waals surface area (Å²) < 4.78 is 13.1. The van der Waals surface area contributed by atoms with Crippen LogP contribution in [0.5, 0.6) is 11.5 Å². The van der Waals surface area contributed by atoms with Crippen LogP contribution in [-0.4, -0.2) is 23.2 Å². The number of nitrogens with zero attached hydrogens (tertiary/aromatic N) is 3. The van der Waals surface area contributed by atoms with Gasteiger partial charge >= 0.3 is 0 Å². The van der Waals surface area contributed by atoms with Crippen molar-refractivity contribution >= 4 is 49.6 Å². The summed E-state index contributed by atoms with van der Waals surface area (Å²) in [5, 5.41) is 14.8. The molecular formula is C20H16Br2N4O4. The first kappa shape index (κ1) is 21.7. The lowest BCUT2D eigenvalue weighted by Crippen LogP contribution is -2.00. The molecule has 0 saturated heterocycles. The van der Waals surface area contributed by atoms with Crippen molar-refractivity contribution in [1.82, 2.24) is 4.98 Å². The summed E-state index contributed by atoms with van der Waals surface area (Å²) in [5.74, 6) is 1.54. The standard InChI is InChI=1S/C20H16Br2N4O4/c1-29-18-8-14(10-24-25-20-7-6-16(11-23-20)26(27)28)17(22)9-19(18)30-12-13-2-4-15(21)5-3-13/h2-11H,12H2,1H3,(H,23,25)/b24-10-. The average Bonchev–Trinajstić information content (AvgIpc) is 2.75. The van der Waals surface area contributed by atoms with Gasteiger partial charge in [0.2, 0.25) is 0 Å². The summed E-state index contributed by atoms with van der Waals surface area (Å²) >= 11 is 6.92. The van der Waals surface area contributed by atoms with Gasteiger partial charge in [0.1, 0.15) is 18.6 Å². The van der Waals surface area contributed by atoms with Gasteiger partial charge in [-0.15, -0.1) is 0 Å². The summed E-state index contributed by atoms with van der Waals surface area (Å²) in [7, 11) is 1.57. The number of rotatable bonds is 8. The lowest BCUT2D eigenvalue weighted by molar-refractivity contribution is -0.385. The molecule has 3 aromatic rings. The van der Waals surface area contributed by atoms with Gasteiger partial charge in [-0.2, -0.15) is 5.10 Å². The molecule has 1 N–H and O–H groups in total. The minimum atomic E-state index is -0.510. The van der Waals surface area contributed by atoms with Crippen molar-refractivity contribution < 1.29 is 14.4 Å². The van der Waals surface area contributed by atoms with E-state index < -0.39 is 4.92 Å². The van der Waals surface area contributed by atoms with Crippen LogP contribution >= 0.6 is 31.9 Å². The number of ether oxygens (including phenoxy) is 2. The molecule has 0 saturated carbocycles. The Morgan fingerprint density at radius 1 is 1.17 bits per heavy atom. The van der Waals surface area contributed by atoms with E-state index in [2.05, 4.69) is 47.4 Å². The number of hydrogen-bond donors (Lipinski definition) is 1. The fourth-order valence-corrected chi connectivity index (χ4v) is 3.08. The van der Waals surface area contributed by atoms with Crippen LogP contribution in [0.2, 0.25) is 0 Å². The lowest BCUT2D eigenvalue weighted by atomic mass is 10.2. The summed E-state index contributed by atoms with van der Waals surface area (Å²) in [6, 6.07) is 14.3. The number of benzene rings is 2. The number of halogens is 2. The molecule has 1 aromatic heterocycles. The third-order valence-electron chi connectivity index (χ3n) is 3.93. The smallest absolute Gasteiger partial charge is 0.287 e. The van der Waals surface area contributed by atoms with E-state index in [0.717, 1.165) is 26.3 Å². The van der Waals surface area contributed by atoms with Gasteiger partial charge in [-0.05, 0) is 51.8 Å². The highest BCUT2D eigenvalue weighted by Gasteiger charge is 2.10. The molecule has 0 spiro atoms. The maximum absolute atomic E-state index is 10.7. The van der Waals surface area contributed by atoms with Gasteiger partial charge in [-0.3, -0.25) is 15.5 Å². The number of nitrogens with one attached hydrogen (secondary N) is 1. The minimum Gasteiger partial charge on any atom is -0.493 e. The zero-order valence-electron chi connectivity index (χ0n) is 15.7.